The van der Waals surface area contributed by atoms with Crippen molar-refractivity contribution in [1.29, 1.82) is 0 Å². The zero-order chi connectivity index (χ0) is 14.8. The molecule has 0 amide bonds. The Morgan fingerprint density at radius 1 is 1.19 bits per heavy atom. The Kier molecular flexibility index (Phi) is 3.84. The summed E-state index contributed by atoms with van der Waals surface area (Å²) in [4.78, 5) is 16.2. The molecule has 0 saturated carbocycles. The van der Waals surface area contributed by atoms with Crippen LogP contribution in [0.1, 0.15) is 5.56 Å². The monoisotopic (exact) mass is 304 g/mol. The molecule has 3 rings (SSSR count). The van der Waals surface area contributed by atoms with Crippen molar-refractivity contribution in [3.63, 3.8) is 0 Å². The molecule has 0 unspecified atom stereocenters. The maximum atomic E-state index is 11.9. The Hall–Kier alpha value is -2.01. The van der Waals surface area contributed by atoms with E-state index in [9.17, 15) is 4.79 Å². The summed E-state index contributed by atoms with van der Waals surface area (Å²) < 4.78 is 0. The molecule has 5 nitrogen and oxygen atoms in total. The molecule has 1 aromatic heterocycles. The van der Waals surface area contributed by atoms with Crippen molar-refractivity contribution < 1.29 is 0 Å². The quantitative estimate of drug-likeness (QED) is 0.923. The van der Waals surface area contributed by atoms with Crippen molar-refractivity contribution >= 4 is 23.0 Å². The van der Waals surface area contributed by atoms with Gasteiger partial charge in [0.1, 0.15) is 5.69 Å². The van der Waals surface area contributed by atoms with Crippen LogP contribution < -0.4 is 15.4 Å². The molecular weight excluding hydrogens is 288 g/mol. The zero-order valence-electron chi connectivity index (χ0n) is 11.8. The summed E-state index contributed by atoms with van der Waals surface area (Å²) in [6.07, 6.45) is 1.48. The fourth-order valence-electron chi connectivity index (χ4n) is 2.68. The summed E-state index contributed by atoms with van der Waals surface area (Å²) in [5, 5.41) is 6.55. The topological polar surface area (TPSA) is 52.2 Å². The van der Waals surface area contributed by atoms with Crippen LogP contribution in [0.15, 0.2) is 35.3 Å². The molecule has 2 heterocycles. The lowest BCUT2D eigenvalue weighted by Crippen LogP contribution is -2.48. The van der Waals surface area contributed by atoms with Crippen molar-refractivity contribution in [3.8, 4) is 0 Å². The molecule has 1 aromatic carbocycles. The highest BCUT2D eigenvalue weighted by Crippen LogP contribution is 2.23. The highest BCUT2D eigenvalue weighted by Gasteiger charge is 2.21. The standard InChI is InChI=1S/C15H17ClN4O/c1-11-3-2-4-12(9-11)19-5-7-20(8-6-19)14-13(16)10-17-18-15(14)21/h2-4,9-10H,5-8H2,1H3,(H,18,21). The van der Waals surface area contributed by atoms with Gasteiger partial charge in [-0.25, -0.2) is 5.10 Å². The van der Waals surface area contributed by atoms with E-state index in [2.05, 4.69) is 46.3 Å². The predicted octanol–water partition coefficient (Wildman–Crippen LogP) is 2.06. The molecule has 21 heavy (non-hydrogen) atoms. The van der Waals surface area contributed by atoms with Crippen molar-refractivity contribution in [2.75, 3.05) is 36.0 Å². The maximum Gasteiger partial charge on any atom is 0.289 e. The molecule has 1 aliphatic heterocycles. The van der Waals surface area contributed by atoms with Gasteiger partial charge in [-0.05, 0) is 24.6 Å². The van der Waals surface area contributed by atoms with Crippen LogP contribution in [0.25, 0.3) is 0 Å². The zero-order valence-corrected chi connectivity index (χ0v) is 12.6. The van der Waals surface area contributed by atoms with Gasteiger partial charge in [0, 0.05) is 31.9 Å². The van der Waals surface area contributed by atoms with Crippen LogP contribution in [-0.2, 0) is 0 Å². The number of aromatic nitrogens is 2. The fraction of sp³-hybridized carbons (Fsp3) is 0.333. The van der Waals surface area contributed by atoms with E-state index in [-0.39, 0.29) is 5.56 Å². The first-order valence-corrected chi connectivity index (χ1v) is 7.33. The molecule has 6 heteroatoms. The van der Waals surface area contributed by atoms with Gasteiger partial charge in [0.05, 0.1) is 11.2 Å². The van der Waals surface area contributed by atoms with Crippen LogP contribution in [0.3, 0.4) is 0 Å². The van der Waals surface area contributed by atoms with Crippen LogP contribution >= 0.6 is 11.6 Å². The molecule has 1 saturated heterocycles. The average Bonchev–Trinajstić information content (AvgIpc) is 2.48. The third-order valence-electron chi connectivity index (χ3n) is 3.75. The second-order valence-corrected chi connectivity index (χ2v) is 5.62. The van der Waals surface area contributed by atoms with Crippen molar-refractivity contribution in [3.05, 3.63) is 51.4 Å². The van der Waals surface area contributed by atoms with E-state index < -0.39 is 0 Å². The first-order chi connectivity index (χ1) is 10.1. The Balaban J connectivity index is 1.75. The minimum atomic E-state index is -0.230. The van der Waals surface area contributed by atoms with E-state index >= 15 is 0 Å². The number of hydrogen-bond acceptors (Lipinski definition) is 4. The first-order valence-electron chi connectivity index (χ1n) is 6.95. The van der Waals surface area contributed by atoms with E-state index in [0.29, 0.717) is 10.7 Å². The smallest absolute Gasteiger partial charge is 0.289 e. The van der Waals surface area contributed by atoms with Crippen LogP contribution in [0.2, 0.25) is 5.02 Å². The Morgan fingerprint density at radius 3 is 2.57 bits per heavy atom. The SMILES string of the molecule is Cc1cccc(N2CCN(c3c(Cl)cn[nH]c3=O)CC2)c1. The molecule has 0 spiro atoms. The first kappa shape index (κ1) is 13.9. The molecule has 110 valence electrons. The van der Waals surface area contributed by atoms with Gasteiger partial charge in [0.25, 0.3) is 5.56 Å². The third-order valence-corrected chi connectivity index (χ3v) is 4.02. The Labute approximate surface area is 128 Å². The molecular formula is C15H17ClN4O. The van der Waals surface area contributed by atoms with Crippen LogP contribution in [-0.4, -0.2) is 36.4 Å². The van der Waals surface area contributed by atoms with Crippen LogP contribution in [0, 0.1) is 6.92 Å². The van der Waals surface area contributed by atoms with Gasteiger partial charge in [-0.1, -0.05) is 23.7 Å². The van der Waals surface area contributed by atoms with Crippen molar-refractivity contribution in [2.24, 2.45) is 0 Å². The normalized spacial score (nSPS) is 15.3. The molecule has 0 radical (unpaired) electrons. The lowest BCUT2D eigenvalue weighted by atomic mass is 10.2. The summed E-state index contributed by atoms with van der Waals surface area (Å²) in [6.45, 7) is 5.35. The number of aryl methyl sites for hydroxylation is 1. The number of nitrogens with zero attached hydrogens (tertiary/aromatic N) is 3. The van der Waals surface area contributed by atoms with Gasteiger partial charge in [-0.2, -0.15) is 5.10 Å². The molecule has 2 aromatic rings. The van der Waals surface area contributed by atoms with Gasteiger partial charge < -0.3 is 9.80 Å². The number of aromatic amines is 1. The second-order valence-electron chi connectivity index (χ2n) is 5.21. The highest BCUT2D eigenvalue weighted by molar-refractivity contribution is 6.33. The number of benzene rings is 1. The van der Waals surface area contributed by atoms with Gasteiger partial charge in [0.2, 0.25) is 0 Å². The molecule has 1 aliphatic rings. The summed E-state index contributed by atoms with van der Waals surface area (Å²) in [5.74, 6) is 0. The molecule has 0 bridgehead atoms. The van der Waals surface area contributed by atoms with Crippen molar-refractivity contribution in [2.45, 2.75) is 6.92 Å². The minimum Gasteiger partial charge on any atom is -0.368 e. The van der Waals surface area contributed by atoms with E-state index in [0.717, 1.165) is 26.2 Å². The number of rotatable bonds is 2. The Morgan fingerprint density at radius 2 is 1.90 bits per heavy atom. The minimum absolute atomic E-state index is 0.230. The molecule has 1 N–H and O–H groups in total. The molecule has 0 atom stereocenters. The van der Waals surface area contributed by atoms with E-state index in [1.807, 2.05) is 4.90 Å². The lowest BCUT2D eigenvalue weighted by Gasteiger charge is -2.37. The van der Waals surface area contributed by atoms with Gasteiger partial charge >= 0.3 is 0 Å². The van der Waals surface area contributed by atoms with Gasteiger partial charge in [-0.3, -0.25) is 4.79 Å². The molecule has 0 aliphatic carbocycles. The van der Waals surface area contributed by atoms with Gasteiger partial charge in [-0.15, -0.1) is 0 Å². The largest absolute Gasteiger partial charge is 0.368 e. The van der Waals surface area contributed by atoms with Gasteiger partial charge in [0.15, 0.2) is 0 Å². The summed E-state index contributed by atoms with van der Waals surface area (Å²) in [6, 6.07) is 8.47. The van der Waals surface area contributed by atoms with Crippen LogP contribution in [0.5, 0.6) is 0 Å². The number of nitrogens with one attached hydrogen (secondary N) is 1. The highest BCUT2D eigenvalue weighted by atomic mass is 35.5. The molecule has 1 fully saturated rings. The van der Waals surface area contributed by atoms with E-state index in [1.165, 1.54) is 17.4 Å². The number of hydrogen-bond donors (Lipinski definition) is 1. The predicted molar refractivity (Wildman–Crippen MR) is 85.5 cm³/mol. The average molecular weight is 305 g/mol. The Bertz CT molecular complexity index is 692. The number of piperazine rings is 1. The van der Waals surface area contributed by atoms with E-state index in [1.54, 1.807) is 0 Å². The summed E-state index contributed by atoms with van der Waals surface area (Å²) in [5.41, 5.74) is 2.77. The summed E-state index contributed by atoms with van der Waals surface area (Å²) in [7, 11) is 0. The third kappa shape index (κ3) is 2.88. The summed E-state index contributed by atoms with van der Waals surface area (Å²) >= 11 is 6.10. The lowest BCUT2D eigenvalue weighted by molar-refractivity contribution is 0.649. The van der Waals surface area contributed by atoms with E-state index in [4.69, 9.17) is 11.6 Å². The second kappa shape index (κ2) is 5.77. The maximum absolute atomic E-state index is 11.9. The number of anilines is 2. The number of halogens is 1. The van der Waals surface area contributed by atoms with Crippen molar-refractivity contribution in [1.82, 2.24) is 10.2 Å². The number of H-pyrrole nitrogens is 1. The fourth-order valence-corrected chi connectivity index (χ4v) is 2.93. The van der Waals surface area contributed by atoms with Crippen LogP contribution in [0.4, 0.5) is 11.4 Å².